The molecule has 4 nitrogen and oxygen atoms in total. The average Bonchev–Trinajstić information content (AvgIpc) is 2.38. The Morgan fingerprint density at radius 2 is 2.13 bits per heavy atom. The number of aliphatic hydroxyl groups is 2. The Kier molecular flexibility index (Phi) is 3.39. The number of unbranched alkanes of at least 4 members (excludes halogenated alkanes) is 1. The van der Waals surface area contributed by atoms with Gasteiger partial charge in [0.15, 0.2) is 5.76 Å². The molecule has 0 saturated heterocycles. The van der Waals surface area contributed by atoms with E-state index in [0.717, 1.165) is 19.4 Å². The Hall–Kier alpha value is -1.03. The standard InChI is InChI=1S/C11H19NO3/c1-4-5-6-12(3)8-7-11(2,15)10(14)9(8)13/h13,15H,4-7H2,1-3H3. The molecular formula is C11H19NO3. The van der Waals surface area contributed by atoms with Gasteiger partial charge in [-0.25, -0.2) is 0 Å². The first kappa shape index (κ1) is 12.0. The maximum atomic E-state index is 11.4. The minimum atomic E-state index is -1.43. The lowest BCUT2D eigenvalue weighted by molar-refractivity contribution is -0.132. The van der Waals surface area contributed by atoms with Crippen LogP contribution in [-0.4, -0.2) is 40.1 Å². The normalized spacial score (nSPS) is 26.3. The van der Waals surface area contributed by atoms with Gasteiger partial charge in [0.25, 0.3) is 0 Å². The number of hydrogen-bond acceptors (Lipinski definition) is 4. The number of Topliss-reactive ketones (excluding diaryl/α,β-unsaturated/α-hetero) is 1. The van der Waals surface area contributed by atoms with Gasteiger partial charge in [0.1, 0.15) is 5.60 Å². The minimum Gasteiger partial charge on any atom is -0.503 e. The van der Waals surface area contributed by atoms with E-state index in [-0.39, 0.29) is 12.2 Å². The van der Waals surface area contributed by atoms with Gasteiger partial charge in [0, 0.05) is 20.0 Å². The number of carbonyl (C=O) groups is 1. The predicted molar refractivity (Wildman–Crippen MR) is 57.4 cm³/mol. The smallest absolute Gasteiger partial charge is 0.230 e. The SMILES string of the molecule is CCCCN(C)C1=C(O)C(=O)C(C)(O)C1. The van der Waals surface area contributed by atoms with Gasteiger partial charge in [-0.05, 0) is 13.3 Å². The number of carbonyl (C=O) groups excluding carboxylic acids is 1. The lowest BCUT2D eigenvalue weighted by atomic mass is 10.0. The van der Waals surface area contributed by atoms with Crippen LogP contribution in [0.15, 0.2) is 11.5 Å². The summed E-state index contributed by atoms with van der Waals surface area (Å²) in [6.45, 7) is 4.31. The van der Waals surface area contributed by atoms with E-state index in [9.17, 15) is 15.0 Å². The van der Waals surface area contributed by atoms with Gasteiger partial charge in [-0.3, -0.25) is 4.79 Å². The van der Waals surface area contributed by atoms with E-state index in [1.54, 1.807) is 0 Å². The van der Waals surface area contributed by atoms with Crippen LogP contribution in [0, 0.1) is 0 Å². The number of aliphatic hydroxyl groups excluding tert-OH is 1. The molecule has 1 rings (SSSR count). The number of rotatable bonds is 4. The van der Waals surface area contributed by atoms with Crippen molar-refractivity contribution in [3.05, 3.63) is 11.5 Å². The Balaban J connectivity index is 2.75. The highest BCUT2D eigenvalue weighted by atomic mass is 16.3. The molecule has 0 spiro atoms. The first-order valence-corrected chi connectivity index (χ1v) is 5.30. The van der Waals surface area contributed by atoms with Crippen molar-refractivity contribution < 1.29 is 15.0 Å². The van der Waals surface area contributed by atoms with Crippen LogP contribution in [0.2, 0.25) is 0 Å². The highest BCUT2D eigenvalue weighted by Crippen LogP contribution is 2.31. The lowest BCUT2D eigenvalue weighted by Crippen LogP contribution is -2.31. The van der Waals surface area contributed by atoms with E-state index >= 15 is 0 Å². The van der Waals surface area contributed by atoms with E-state index in [1.807, 2.05) is 11.9 Å². The third-order valence-corrected chi connectivity index (χ3v) is 2.80. The molecule has 15 heavy (non-hydrogen) atoms. The molecule has 0 saturated carbocycles. The van der Waals surface area contributed by atoms with Gasteiger partial charge in [-0.1, -0.05) is 13.3 Å². The quantitative estimate of drug-likeness (QED) is 0.737. The van der Waals surface area contributed by atoms with Crippen molar-refractivity contribution in [2.75, 3.05) is 13.6 Å². The van der Waals surface area contributed by atoms with Gasteiger partial charge < -0.3 is 15.1 Å². The molecule has 4 heteroatoms. The molecule has 0 heterocycles. The molecule has 1 aliphatic rings. The fourth-order valence-electron chi connectivity index (χ4n) is 1.72. The maximum absolute atomic E-state index is 11.4. The molecular weight excluding hydrogens is 194 g/mol. The van der Waals surface area contributed by atoms with Crippen molar-refractivity contribution in [2.24, 2.45) is 0 Å². The van der Waals surface area contributed by atoms with Crippen LogP contribution >= 0.6 is 0 Å². The summed E-state index contributed by atoms with van der Waals surface area (Å²) in [5, 5.41) is 19.3. The topological polar surface area (TPSA) is 60.8 Å². The zero-order valence-electron chi connectivity index (χ0n) is 9.58. The summed E-state index contributed by atoms with van der Waals surface area (Å²) >= 11 is 0. The van der Waals surface area contributed by atoms with Crippen molar-refractivity contribution in [3.8, 4) is 0 Å². The molecule has 0 aromatic rings. The molecule has 86 valence electrons. The molecule has 0 aromatic carbocycles. The third-order valence-electron chi connectivity index (χ3n) is 2.80. The summed E-state index contributed by atoms with van der Waals surface area (Å²) in [7, 11) is 1.83. The van der Waals surface area contributed by atoms with Gasteiger partial charge in [0.05, 0.1) is 5.70 Å². The summed E-state index contributed by atoms with van der Waals surface area (Å²) < 4.78 is 0. The molecule has 0 radical (unpaired) electrons. The van der Waals surface area contributed by atoms with Gasteiger partial charge >= 0.3 is 0 Å². The monoisotopic (exact) mass is 213 g/mol. The fourth-order valence-corrected chi connectivity index (χ4v) is 1.72. The Labute approximate surface area is 90.2 Å². The number of ketones is 1. The fraction of sp³-hybridized carbons (Fsp3) is 0.727. The van der Waals surface area contributed by atoms with Crippen molar-refractivity contribution in [3.63, 3.8) is 0 Å². The van der Waals surface area contributed by atoms with Crippen molar-refractivity contribution in [1.82, 2.24) is 4.90 Å². The Bertz CT molecular complexity index is 294. The first-order chi connectivity index (χ1) is 6.90. The van der Waals surface area contributed by atoms with Crippen LogP contribution in [-0.2, 0) is 4.79 Å². The molecule has 1 atom stereocenters. The summed E-state index contributed by atoms with van der Waals surface area (Å²) in [4.78, 5) is 13.3. The molecule has 0 fully saturated rings. The number of nitrogens with zero attached hydrogens (tertiary/aromatic N) is 1. The Morgan fingerprint density at radius 3 is 2.53 bits per heavy atom. The van der Waals surface area contributed by atoms with E-state index in [1.165, 1.54) is 6.92 Å². The van der Waals surface area contributed by atoms with Crippen molar-refractivity contribution in [1.29, 1.82) is 0 Å². The van der Waals surface area contributed by atoms with Crippen molar-refractivity contribution >= 4 is 5.78 Å². The van der Waals surface area contributed by atoms with Crippen LogP contribution in [0.25, 0.3) is 0 Å². The van der Waals surface area contributed by atoms with Gasteiger partial charge in [-0.15, -0.1) is 0 Å². The van der Waals surface area contributed by atoms with E-state index < -0.39 is 11.4 Å². The molecule has 1 unspecified atom stereocenters. The summed E-state index contributed by atoms with van der Waals surface area (Å²) in [5.41, 5.74) is -0.877. The minimum absolute atomic E-state index is 0.206. The van der Waals surface area contributed by atoms with Gasteiger partial charge in [0.2, 0.25) is 5.78 Å². The molecule has 1 aliphatic carbocycles. The van der Waals surface area contributed by atoms with Crippen LogP contribution in [0.4, 0.5) is 0 Å². The second-order valence-corrected chi connectivity index (χ2v) is 4.35. The van der Waals surface area contributed by atoms with Crippen LogP contribution in [0.1, 0.15) is 33.1 Å². The van der Waals surface area contributed by atoms with E-state index in [0.29, 0.717) is 5.70 Å². The first-order valence-electron chi connectivity index (χ1n) is 5.30. The van der Waals surface area contributed by atoms with Crippen molar-refractivity contribution in [2.45, 2.75) is 38.7 Å². The summed E-state index contributed by atoms with van der Waals surface area (Å²) in [6.07, 6.45) is 2.27. The highest BCUT2D eigenvalue weighted by Gasteiger charge is 2.43. The summed E-state index contributed by atoms with van der Waals surface area (Å²) in [6, 6.07) is 0. The predicted octanol–water partition coefficient (Wildman–Crippen LogP) is 1.21. The molecule has 0 aliphatic heterocycles. The summed E-state index contributed by atoms with van der Waals surface area (Å²) in [5.74, 6) is -0.848. The second kappa shape index (κ2) is 4.23. The third kappa shape index (κ3) is 2.31. The van der Waals surface area contributed by atoms with Crippen LogP contribution in [0.5, 0.6) is 0 Å². The van der Waals surface area contributed by atoms with E-state index in [4.69, 9.17) is 0 Å². The maximum Gasteiger partial charge on any atom is 0.230 e. The van der Waals surface area contributed by atoms with Crippen LogP contribution < -0.4 is 0 Å². The highest BCUT2D eigenvalue weighted by molar-refractivity contribution is 6.02. The average molecular weight is 213 g/mol. The largest absolute Gasteiger partial charge is 0.503 e. The number of hydrogen-bond donors (Lipinski definition) is 2. The van der Waals surface area contributed by atoms with Gasteiger partial charge in [-0.2, -0.15) is 0 Å². The lowest BCUT2D eigenvalue weighted by Gasteiger charge is -2.21. The second-order valence-electron chi connectivity index (χ2n) is 4.35. The molecule has 0 aromatic heterocycles. The molecule has 2 N–H and O–H groups in total. The molecule has 0 bridgehead atoms. The molecule has 0 amide bonds. The zero-order valence-corrected chi connectivity index (χ0v) is 9.58. The van der Waals surface area contributed by atoms with E-state index in [2.05, 4.69) is 6.92 Å². The van der Waals surface area contributed by atoms with Crippen LogP contribution in [0.3, 0.4) is 0 Å². The Morgan fingerprint density at radius 1 is 1.53 bits per heavy atom. The zero-order chi connectivity index (χ0) is 11.6.